The third-order valence-electron chi connectivity index (χ3n) is 1.65. The van der Waals surface area contributed by atoms with Crippen LogP contribution in [0.2, 0.25) is 0 Å². The Morgan fingerprint density at radius 2 is 2.27 bits per heavy atom. The number of nitrogens with zero attached hydrogens (tertiary/aromatic N) is 1. The van der Waals surface area contributed by atoms with E-state index in [2.05, 4.69) is 5.43 Å². The second-order valence-corrected chi connectivity index (χ2v) is 2.41. The first kappa shape index (κ1) is 6.15. The summed E-state index contributed by atoms with van der Waals surface area (Å²) in [5, 5.41) is 0. The molecule has 56 valence electrons. The fourth-order valence-corrected chi connectivity index (χ4v) is 1.09. The Balaban J connectivity index is 2.45. The Bertz CT molecular complexity index is 296. The molecule has 0 atom stereocenters. The molecule has 0 bridgehead atoms. The zero-order valence-corrected chi connectivity index (χ0v) is 5.70. The number of carbonyl (C=O) groups excluding carboxylic acids is 2. The van der Waals surface area contributed by atoms with Crippen LogP contribution in [0.25, 0.3) is 0 Å². The first-order chi connectivity index (χ1) is 5.27. The lowest BCUT2D eigenvalue weighted by Crippen LogP contribution is -2.37. The maximum absolute atomic E-state index is 10.8. The first-order valence-corrected chi connectivity index (χ1v) is 3.28. The standard InChI is InChI=1S/C7H6N2O2/c10-6-4-5-2-1-3-9(5)8-7(6)11/h1-3H,4H2,(H,8,11). The van der Waals surface area contributed by atoms with Gasteiger partial charge in [0.05, 0.1) is 6.42 Å². The van der Waals surface area contributed by atoms with E-state index in [1.54, 1.807) is 23.0 Å². The van der Waals surface area contributed by atoms with Crippen LogP contribution in [0.1, 0.15) is 5.69 Å². The largest absolute Gasteiger partial charge is 0.306 e. The summed E-state index contributed by atoms with van der Waals surface area (Å²) < 4.78 is 1.56. The SMILES string of the molecule is O=C1Cc2cccn2NC1=O. The molecule has 0 fully saturated rings. The molecule has 0 unspecified atom stereocenters. The molecule has 1 aromatic heterocycles. The van der Waals surface area contributed by atoms with Crippen molar-refractivity contribution < 1.29 is 9.59 Å². The topological polar surface area (TPSA) is 51.1 Å². The van der Waals surface area contributed by atoms with Crippen molar-refractivity contribution in [3.05, 3.63) is 24.0 Å². The van der Waals surface area contributed by atoms with Crippen molar-refractivity contribution >= 4 is 11.7 Å². The summed E-state index contributed by atoms with van der Waals surface area (Å²) in [4.78, 5) is 21.6. The van der Waals surface area contributed by atoms with Gasteiger partial charge >= 0.3 is 5.91 Å². The lowest BCUT2D eigenvalue weighted by atomic mass is 10.2. The summed E-state index contributed by atoms with van der Waals surface area (Å²) in [5.41, 5.74) is 3.25. The lowest BCUT2D eigenvalue weighted by molar-refractivity contribution is -0.135. The van der Waals surface area contributed by atoms with Gasteiger partial charge in [0.2, 0.25) is 5.78 Å². The Morgan fingerprint density at radius 3 is 3.09 bits per heavy atom. The molecule has 1 amide bonds. The van der Waals surface area contributed by atoms with Crippen molar-refractivity contribution in [2.24, 2.45) is 0 Å². The molecule has 0 saturated heterocycles. The molecule has 1 N–H and O–H groups in total. The number of hydrogen-bond donors (Lipinski definition) is 1. The fraction of sp³-hybridized carbons (Fsp3) is 0.143. The number of hydrogen-bond acceptors (Lipinski definition) is 2. The number of Topliss-reactive ketones (excluding diaryl/α,β-unsaturated/α-hetero) is 1. The molecule has 0 saturated carbocycles. The molecule has 0 radical (unpaired) electrons. The number of rotatable bonds is 0. The molecule has 2 heterocycles. The zero-order valence-electron chi connectivity index (χ0n) is 5.70. The minimum absolute atomic E-state index is 0.207. The number of fused-ring (bicyclic) bond motifs is 1. The highest BCUT2D eigenvalue weighted by Gasteiger charge is 2.21. The average molecular weight is 150 g/mol. The van der Waals surface area contributed by atoms with Crippen LogP contribution in [0.4, 0.5) is 0 Å². The molecular weight excluding hydrogens is 144 g/mol. The van der Waals surface area contributed by atoms with Crippen LogP contribution in [0.15, 0.2) is 18.3 Å². The predicted octanol–water partition coefficient (Wildman–Crippen LogP) is -0.317. The van der Waals surface area contributed by atoms with Gasteiger partial charge in [-0.15, -0.1) is 0 Å². The molecule has 1 aliphatic rings. The van der Waals surface area contributed by atoms with Gasteiger partial charge in [-0.05, 0) is 12.1 Å². The van der Waals surface area contributed by atoms with Crippen LogP contribution in [-0.2, 0) is 16.0 Å². The van der Waals surface area contributed by atoms with Crippen LogP contribution < -0.4 is 5.43 Å². The maximum Gasteiger partial charge on any atom is 0.306 e. The van der Waals surface area contributed by atoms with Crippen LogP contribution in [0.5, 0.6) is 0 Å². The highest BCUT2D eigenvalue weighted by atomic mass is 16.2. The van der Waals surface area contributed by atoms with E-state index in [1.165, 1.54) is 0 Å². The van der Waals surface area contributed by atoms with Gasteiger partial charge < -0.3 is 0 Å². The first-order valence-electron chi connectivity index (χ1n) is 3.28. The smallest absolute Gasteiger partial charge is 0.288 e. The van der Waals surface area contributed by atoms with Gasteiger partial charge in [-0.2, -0.15) is 0 Å². The normalized spacial score (nSPS) is 16.0. The van der Waals surface area contributed by atoms with Gasteiger partial charge in [0.15, 0.2) is 0 Å². The van der Waals surface area contributed by atoms with E-state index in [9.17, 15) is 9.59 Å². The van der Waals surface area contributed by atoms with Crippen molar-refractivity contribution in [1.29, 1.82) is 0 Å². The van der Waals surface area contributed by atoms with E-state index in [1.807, 2.05) is 0 Å². The number of carbonyl (C=O) groups is 2. The quantitative estimate of drug-likeness (QED) is 0.515. The van der Waals surface area contributed by atoms with Crippen molar-refractivity contribution in [3.8, 4) is 0 Å². The second kappa shape index (κ2) is 1.95. The lowest BCUT2D eigenvalue weighted by Gasteiger charge is -2.14. The van der Waals surface area contributed by atoms with Crippen LogP contribution in [0.3, 0.4) is 0 Å². The Kier molecular flexibility index (Phi) is 1.09. The number of amides is 1. The second-order valence-electron chi connectivity index (χ2n) is 2.41. The molecule has 4 nitrogen and oxygen atoms in total. The van der Waals surface area contributed by atoms with E-state index in [0.29, 0.717) is 0 Å². The summed E-state index contributed by atoms with van der Waals surface area (Å²) in [6.45, 7) is 0. The Morgan fingerprint density at radius 1 is 1.45 bits per heavy atom. The zero-order chi connectivity index (χ0) is 7.84. The minimum Gasteiger partial charge on any atom is -0.288 e. The van der Waals surface area contributed by atoms with E-state index in [-0.39, 0.29) is 12.2 Å². The predicted molar refractivity (Wildman–Crippen MR) is 37.5 cm³/mol. The van der Waals surface area contributed by atoms with Crippen molar-refractivity contribution in [2.75, 3.05) is 5.43 Å². The molecule has 0 spiro atoms. The number of nitrogens with one attached hydrogen (secondary N) is 1. The van der Waals surface area contributed by atoms with Gasteiger partial charge in [0, 0.05) is 11.9 Å². The summed E-state index contributed by atoms with van der Waals surface area (Å²) in [6.07, 6.45) is 1.92. The van der Waals surface area contributed by atoms with Crippen molar-refractivity contribution in [2.45, 2.75) is 6.42 Å². The number of aromatic nitrogens is 1. The van der Waals surface area contributed by atoms with Crippen molar-refractivity contribution in [3.63, 3.8) is 0 Å². The fourth-order valence-electron chi connectivity index (χ4n) is 1.09. The van der Waals surface area contributed by atoms with Crippen LogP contribution in [0, 0.1) is 0 Å². The van der Waals surface area contributed by atoms with E-state index in [0.717, 1.165) is 5.69 Å². The van der Waals surface area contributed by atoms with E-state index >= 15 is 0 Å². The molecule has 1 aliphatic heterocycles. The molecule has 2 rings (SSSR count). The van der Waals surface area contributed by atoms with Gasteiger partial charge in [0.25, 0.3) is 0 Å². The average Bonchev–Trinajstić information content (AvgIpc) is 2.36. The molecule has 11 heavy (non-hydrogen) atoms. The number of ketones is 1. The summed E-state index contributed by atoms with van der Waals surface area (Å²) in [7, 11) is 0. The monoisotopic (exact) mass is 150 g/mol. The third-order valence-corrected chi connectivity index (χ3v) is 1.65. The van der Waals surface area contributed by atoms with Gasteiger partial charge in [-0.3, -0.25) is 19.7 Å². The Hall–Kier alpha value is -1.58. The summed E-state index contributed by atoms with van der Waals surface area (Å²) in [5.74, 6) is -0.912. The van der Waals surface area contributed by atoms with E-state index < -0.39 is 5.91 Å². The minimum atomic E-state index is -0.534. The third kappa shape index (κ3) is 0.832. The van der Waals surface area contributed by atoms with Crippen LogP contribution >= 0.6 is 0 Å². The summed E-state index contributed by atoms with van der Waals surface area (Å²) >= 11 is 0. The summed E-state index contributed by atoms with van der Waals surface area (Å²) in [6, 6.07) is 3.59. The highest BCUT2D eigenvalue weighted by molar-refractivity contribution is 6.40. The van der Waals surface area contributed by atoms with Gasteiger partial charge in [-0.1, -0.05) is 0 Å². The Labute approximate surface area is 62.8 Å². The molecule has 0 aliphatic carbocycles. The van der Waals surface area contributed by atoms with Gasteiger partial charge in [-0.25, -0.2) is 0 Å². The molecule has 1 aromatic rings. The van der Waals surface area contributed by atoms with Gasteiger partial charge in [0.1, 0.15) is 0 Å². The molecule has 4 heteroatoms. The van der Waals surface area contributed by atoms with Crippen LogP contribution in [-0.4, -0.2) is 16.4 Å². The van der Waals surface area contributed by atoms with E-state index in [4.69, 9.17) is 0 Å². The maximum atomic E-state index is 10.8. The van der Waals surface area contributed by atoms with Crippen molar-refractivity contribution in [1.82, 2.24) is 4.68 Å². The highest BCUT2D eigenvalue weighted by Crippen LogP contribution is 2.05. The molecular formula is C7H6N2O2. The molecule has 0 aromatic carbocycles.